The molecule has 5 aromatic rings. The molecule has 0 bridgehead atoms. The normalized spacial score (nSPS) is 21.3. The van der Waals surface area contributed by atoms with Crippen LogP contribution in [0.1, 0.15) is 65.3 Å². The van der Waals surface area contributed by atoms with Crippen LogP contribution in [0.15, 0.2) is 79.1 Å². The van der Waals surface area contributed by atoms with Crippen LogP contribution in [0.25, 0.3) is 22.3 Å². The number of imide groups is 2. The average Bonchev–Trinajstić information content (AvgIpc) is 3.70. The van der Waals surface area contributed by atoms with Crippen LogP contribution < -0.4 is 31.3 Å². The monoisotopic (exact) mass is 754 g/mol. The second kappa shape index (κ2) is 14.8. The fraction of sp³-hybridized carbons (Fsp3) is 0.341. The zero-order valence-electron chi connectivity index (χ0n) is 30.7. The van der Waals surface area contributed by atoms with E-state index in [9.17, 15) is 19.2 Å². The molecule has 2 saturated heterocycles. The molecule has 3 fully saturated rings. The first-order valence-electron chi connectivity index (χ1n) is 19.2. The number of nitrogens with zero attached hydrogens (tertiary/aromatic N) is 6. The van der Waals surface area contributed by atoms with Crippen molar-refractivity contribution in [1.82, 2.24) is 40.6 Å². The Bertz CT molecular complexity index is 2320. The highest BCUT2D eigenvalue weighted by molar-refractivity contribution is 6.23. The number of para-hydroxylation sites is 1. The van der Waals surface area contributed by atoms with Gasteiger partial charge in [0.1, 0.15) is 35.4 Å². The standard InChI is InChI=1S/C41H42N10O5/c42-37-35-36(24-6-13-30(14-7-24)56-29-4-2-1-3-5-29)48-51(38(35)46-23-45-37)27-10-8-25(9-11-27)43-18-19-44-26-21-49(22-26)28-12-15-31-32(20-28)41(55)50(40(31)54)33-16-17-34(52)47-39(33)53/h1-7,12-15,20,23,25-27,33,43-44H,8-11,16-19,21-22H2,(H2,42,45,46)(H,47,52,53)/t25?,27?,33-/m1/s1. The van der Waals surface area contributed by atoms with Crippen LogP contribution in [0.5, 0.6) is 11.5 Å². The number of nitrogens with one attached hydrogen (secondary N) is 3. The number of hydrogen-bond donors (Lipinski definition) is 4. The number of anilines is 2. The molecule has 5 heterocycles. The number of nitrogens with two attached hydrogens (primary N) is 1. The van der Waals surface area contributed by atoms with E-state index in [0.717, 1.165) is 96.2 Å². The van der Waals surface area contributed by atoms with Crippen molar-refractivity contribution >= 4 is 46.2 Å². The largest absolute Gasteiger partial charge is 0.457 e. The zero-order chi connectivity index (χ0) is 38.3. The van der Waals surface area contributed by atoms with Crippen LogP contribution >= 0.6 is 0 Å². The molecule has 1 aliphatic carbocycles. The zero-order valence-corrected chi connectivity index (χ0v) is 30.7. The summed E-state index contributed by atoms with van der Waals surface area (Å²) in [5.74, 6) is -0.0632. The van der Waals surface area contributed by atoms with Crippen molar-refractivity contribution in [3.63, 3.8) is 0 Å². The second-order valence-electron chi connectivity index (χ2n) is 14.9. The van der Waals surface area contributed by atoms with Crippen molar-refractivity contribution in [2.75, 3.05) is 36.8 Å². The first kappa shape index (κ1) is 35.5. The predicted molar refractivity (Wildman–Crippen MR) is 208 cm³/mol. The predicted octanol–water partition coefficient (Wildman–Crippen LogP) is 3.82. The van der Waals surface area contributed by atoms with Crippen molar-refractivity contribution in [2.24, 2.45) is 0 Å². The molecule has 2 aromatic heterocycles. The summed E-state index contributed by atoms with van der Waals surface area (Å²) < 4.78 is 8.03. The molecule has 4 aliphatic rings. The highest BCUT2D eigenvalue weighted by atomic mass is 16.5. The van der Waals surface area contributed by atoms with E-state index in [1.807, 2.05) is 65.3 Å². The van der Waals surface area contributed by atoms with Crippen molar-refractivity contribution in [3.05, 3.63) is 90.3 Å². The number of ether oxygens (including phenoxy) is 1. The topological polar surface area (TPSA) is 190 Å². The van der Waals surface area contributed by atoms with E-state index in [1.165, 1.54) is 6.33 Å². The minimum atomic E-state index is -0.971. The molecule has 0 unspecified atom stereocenters. The lowest BCUT2D eigenvalue weighted by molar-refractivity contribution is -0.136. The average molecular weight is 755 g/mol. The molecule has 56 heavy (non-hydrogen) atoms. The van der Waals surface area contributed by atoms with Gasteiger partial charge in [0.05, 0.1) is 22.6 Å². The molecule has 3 aliphatic heterocycles. The van der Waals surface area contributed by atoms with Gasteiger partial charge in [-0.05, 0) is 86.7 Å². The van der Waals surface area contributed by atoms with Crippen molar-refractivity contribution in [1.29, 1.82) is 0 Å². The summed E-state index contributed by atoms with van der Waals surface area (Å²) in [5, 5.41) is 15.4. The van der Waals surface area contributed by atoms with Gasteiger partial charge in [0.2, 0.25) is 11.8 Å². The summed E-state index contributed by atoms with van der Waals surface area (Å²) in [6.45, 7) is 3.24. The van der Waals surface area contributed by atoms with Gasteiger partial charge in [-0.1, -0.05) is 18.2 Å². The van der Waals surface area contributed by atoms with Crippen LogP contribution in [0.2, 0.25) is 0 Å². The molecule has 4 amide bonds. The maximum absolute atomic E-state index is 13.2. The summed E-state index contributed by atoms with van der Waals surface area (Å²) in [7, 11) is 0. The number of carbonyl (C=O) groups is 4. The van der Waals surface area contributed by atoms with E-state index in [1.54, 1.807) is 12.1 Å². The Balaban J connectivity index is 0.745. The molecule has 15 nitrogen and oxygen atoms in total. The number of hydrogen-bond acceptors (Lipinski definition) is 12. The number of nitrogen functional groups attached to an aromatic ring is 1. The van der Waals surface area contributed by atoms with Crippen LogP contribution in [-0.2, 0) is 9.59 Å². The molecular weight excluding hydrogens is 713 g/mol. The second-order valence-corrected chi connectivity index (χ2v) is 14.9. The molecule has 5 N–H and O–H groups in total. The lowest BCUT2D eigenvalue weighted by Crippen LogP contribution is -2.59. The number of amides is 4. The molecule has 286 valence electrons. The molecule has 3 aromatic carbocycles. The third-order valence-corrected chi connectivity index (χ3v) is 11.3. The Morgan fingerprint density at radius 1 is 0.786 bits per heavy atom. The SMILES string of the molecule is Nc1ncnc2c1c(-c1ccc(Oc3ccccc3)cc1)nn2C1CCC(NCCNC2CN(c3ccc4c(c3)C(=O)N([C@@H]3CCC(=O)NC3=O)C4=O)C2)CC1. The maximum Gasteiger partial charge on any atom is 0.262 e. The Morgan fingerprint density at radius 3 is 2.25 bits per heavy atom. The Kier molecular flexibility index (Phi) is 9.39. The van der Waals surface area contributed by atoms with Gasteiger partial charge < -0.3 is 26.0 Å². The summed E-state index contributed by atoms with van der Waals surface area (Å²) >= 11 is 0. The number of piperidine rings is 1. The van der Waals surface area contributed by atoms with Crippen molar-refractivity contribution in [2.45, 2.75) is 62.7 Å². The number of rotatable bonds is 11. The summed E-state index contributed by atoms with van der Waals surface area (Å²) in [6.07, 6.45) is 5.70. The minimum absolute atomic E-state index is 0.0922. The number of benzene rings is 3. The van der Waals surface area contributed by atoms with E-state index >= 15 is 0 Å². The number of carbonyl (C=O) groups excluding carboxylic acids is 4. The van der Waals surface area contributed by atoms with Crippen molar-refractivity contribution < 1.29 is 23.9 Å². The van der Waals surface area contributed by atoms with Crippen LogP contribution in [0.3, 0.4) is 0 Å². The van der Waals surface area contributed by atoms with E-state index in [0.29, 0.717) is 23.5 Å². The molecule has 0 spiro atoms. The van der Waals surface area contributed by atoms with Gasteiger partial charge in [-0.3, -0.25) is 29.4 Å². The fourth-order valence-electron chi connectivity index (χ4n) is 8.31. The van der Waals surface area contributed by atoms with Crippen molar-refractivity contribution in [3.8, 4) is 22.8 Å². The van der Waals surface area contributed by atoms with Crippen LogP contribution in [0, 0.1) is 0 Å². The van der Waals surface area contributed by atoms with Crippen LogP contribution in [0.4, 0.5) is 11.5 Å². The first-order chi connectivity index (χ1) is 27.3. The lowest BCUT2D eigenvalue weighted by atomic mass is 9.91. The summed E-state index contributed by atoms with van der Waals surface area (Å²) in [6, 6.07) is 22.7. The third kappa shape index (κ3) is 6.73. The Hall–Kier alpha value is -6.19. The maximum atomic E-state index is 13.2. The lowest BCUT2D eigenvalue weighted by Gasteiger charge is -2.41. The molecule has 15 heteroatoms. The molecule has 1 atom stereocenters. The molecule has 1 saturated carbocycles. The van der Waals surface area contributed by atoms with E-state index in [-0.39, 0.29) is 24.4 Å². The fourth-order valence-corrected chi connectivity index (χ4v) is 8.31. The third-order valence-electron chi connectivity index (χ3n) is 11.3. The van der Waals surface area contributed by atoms with E-state index in [4.69, 9.17) is 15.6 Å². The molecule has 0 radical (unpaired) electrons. The smallest absolute Gasteiger partial charge is 0.262 e. The van der Waals surface area contributed by atoms with Gasteiger partial charge in [-0.25, -0.2) is 14.6 Å². The van der Waals surface area contributed by atoms with Gasteiger partial charge in [0.15, 0.2) is 5.65 Å². The quantitative estimate of drug-likeness (QED) is 0.113. The number of fused-ring (bicyclic) bond motifs is 2. The van der Waals surface area contributed by atoms with Crippen LogP contribution in [-0.4, -0.2) is 92.6 Å². The highest BCUT2D eigenvalue weighted by Crippen LogP contribution is 2.37. The Morgan fingerprint density at radius 2 is 1.50 bits per heavy atom. The van der Waals surface area contributed by atoms with Gasteiger partial charge >= 0.3 is 0 Å². The molecular formula is C41H42N10O5. The highest BCUT2D eigenvalue weighted by Gasteiger charge is 2.45. The van der Waals surface area contributed by atoms with Gasteiger partial charge in [-0.2, -0.15) is 5.10 Å². The Labute approximate surface area is 322 Å². The van der Waals surface area contributed by atoms with Gasteiger partial charge in [-0.15, -0.1) is 0 Å². The summed E-state index contributed by atoms with van der Waals surface area (Å²) in [4.78, 5) is 62.3. The minimum Gasteiger partial charge on any atom is -0.457 e. The van der Waals surface area contributed by atoms with Gasteiger partial charge in [0, 0.05) is 55.9 Å². The number of aromatic nitrogens is 4. The summed E-state index contributed by atoms with van der Waals surface area (Å²) in [5.41, 5.74) is 10.3. The molecule has 9 rings (SSSR count). The van der Waals surface area contributed by atoms with E-state index < -0.39 is 29.7 Å². The van der Waals surface area contributed by atoms with E-state index in [2.05, 4.69) is 30.8 Å². The first-order valence-corrected chi connectivity index (χ1v) is 19.2. The van der Waals surface area contributed by atoms with Gasteiger partial charge in [0.25, 0.3) is 11.8 Å².